The summed E-state index contributed by atoms with van der Waals surface area (Å²) >= 11 is 6.04. The van der Waals surface area contributed by atoms with Gasteiger partial charge in [-0.3, -0.25) is 9.59 Å². The molecule has 1 aliphatic heterocycles. The fourth-order valence-electron chi connectivity index (χ4n) is 3.17. The van der Waals surface area contributed by atoms with Crippen molar-refractivity contribution in [3.05, 3.63) is 56.7 Å². The van der Waals surface area contributed by atoms with E-state index in [1.54, 1.807) is 11.0 Å². The molecule has 1 saturated carbocycles. The maximum Gasteiger partial charge on any atom is 0.277 e. The Kier molecular flexibility index (Phi) is 3.27. The minimum Gasteiger partial charge on any atom is -0.310 e. The quantitative estimate of drug-likeness (QED) is 0.921. The van der Waals surface area contributed by atoms with E-state index in [-0.39, 0.29) is 29.1 Å². The highest BCUT2D eigenvalue weighted by molar-refractivity contribution is 6.30. The molecule has 1 aromatic carbocycles. The summed E-state index contributed by atoms with van der Waals surface area (Å²) in [7, 11) is 0. The molecule has 118 valence electrons. The van der Waals surface area contributed by atoms with Crippen LogP contribution in [0.2, 0.25) is 5.02 Å². The van der Waals surface area contributed by atoms with E-state index in [9.17, 15) is 9.59 Å². The third kappa shape index (κ3) is 2.55. The molecule has 1 aliphatic carbocycles. The van der Waals surface area contributed by atoms with Crippen molar-refractivity contribution in [2.45, 2.75) is 38.1 Å². The van der Waals surface area contributed by atoms with Crippen LogP contribution < -0.4 is 10.5 Å². The standard InChI is InChI=1S/C17H16ClN3O2/c1-9-6-11-7-12(18)4-5-14(11)21(9)17(23)13-8-15(22)20-16(19-13)10-2-3-10/h4-5,7-10H,2-3,6H2,1H3,(H,19,20,22). The largest absolute Gasteiger partial charge is 0.310 e. The smallest absolute Gasteiger partial charge is 0.277 e. The van der Waals surface area contributed by atoms with E-state index >= 15 is 0 Å². The number of fused-ring (bicyclic) bond motifs is 1. The van der Waals surface area contributed by atoms with Gasteiger partial charge >= 0.3 is 0 Å². The molecule has 1 fully saturated rings. The fraction of sp³-hybridized carbons (Fsp3) is 0.353. The second-order valence-electron chi connectivity index (χ2n) is 6.29. The van der Waals surface area contributed by atoms with Gasteiger partial charge in [0.15, 0.2) is 0 Å². The molecule has 23 heavy (non-hydrogen) atoms. The Labute approximate surface area is 138 Å². The van der Waals surface area contributed by atoms with Crippen molar-refractivity contribution in [2.24, 2.45) is 0 Å². The lowest BCUT2D eigenvalue weighted by molar-refractivity contribution is 0.0976. The minimum atomic E-state index is -0.270. The number of halogens is 1. The summed E-state index contributed by atoms with van der Waals surface area (Å²) in [5.41, 5.74) is 1.84. The average molecular weight is 330 g/mol. The van der Waals surface area contributed by atoms with Crippen molar-refractivity contribution in [3.8, 4) is 0 Å². The highest BCUT2D eigenvalue weighted by Crippen LogP contribution is 2.38. The molecular formula is C17H16ClN3O2. The number of benzene rings is 1. The summed E-state index contributed by atoms with van der Waals surface area (Å²) in [6.07, 6.45) is 2.78. The van der Waals surface area contributed by atoms with Crippen LogP contribution in [0.15, 0.2) is 29.1 Å². The first kappa shape index (κ1) is 14.5. The number of carbonyl (C=O) groups is 1. The highest BCUT2D eigenvalue weighted by atomic mass is 35.5. The molecule has 1 atom stereocenters. The molecule has 1 amide bonds. The van der Waals surface area contributed by atoms with Crippen LogP contribution in [0.5, 0.6) is 0 Å². The lowest BCUT2D eigenvalue weighted by Gasteiger charge is -2.22. The van der Waals surface area contributed by atoms with Crippen LogP contribution in [-0.2, 0) is 6.42 Å². The number of anilines is 1. The molecule has 0 saturated heterocycles. The van der Waals surface area contributed by atoms with Gasteiger partial charge in [0.1, 0.15) is 11.5 Å². The monoisotopic (exact) mass is 329 g/mol. The van der Waals surface area contributed by atoms with Crippen molar-refractivity contribution >= 4 is 23.2 Å². The second kappa shape index (κ2) is 5.20. The zero-order chi connectivity index (χ0) is 16.1. The first-order valence-corrected chi connectivity index (χ1v) is 8.14. The number of rotatable bonds is 2. The van der Waals surface area contributed by atoms with E-state index in [4.69, 9.17) is 11.6 Å². The van der Waals surface area contributed by atoms with Crippen molar-refractivity contribution in [1.29, 1.82) is 0 Å². The Morgan fingerprint density at radius 3 is 2.87 bits per heavy atom. The number of nitrogens with zero attached hydrogens (tertiary/aromatic N) is 2. The van der Waals surface area contributed by atoms with Gasteiger partial charge in [0.25, 0.3) is 11.5 Å². The van der Waals surface area contributed by atoms with E-state index in [1.807, 2.05) is 19.1 Å². The maximum atomic E-state index is 12.9. The van der Waals surface area contributed by atoms with E-state index in [2.05, 4.69) is 9.97 Å². The number of amides is 1. The average Bonchev–Trinajstić information content (AvgIpc) is 3.29. The van der Waals surface area contributed by atoms with E-state index in [1.165, 1.54) is 6.07 Å². The first-order chi connectivity index (χ1) is 11.0. The summed E-state index contributed by atoms with van der Waals surface area (Å²) in [5, 5.41) is 0.663. The normalized spacial score (nSPS) is 19.7. The Hall–Kier alpha value is -2.14. The van der Waals surface area contributed by atoms with Gasteiger partial charge in [-0.1, -0.05) is 11.6 Å². The predicted octanol–water partition coefficient (Wildman–Crippen LogP) is 2.89. The zero-order valence-corrected chi connectivity index (χ0v) is 13.4. The summed E-state index contributed by atoms with van der Waals surface area (Å²) in [4.78, 5) is 33.6. The van der Waals surface area contributed by atoms with E-state index in [0.717, 1.165) is 30.5 Å². The lowest BCUT2D eigenvalue weighted by Crippen LogP contribution is -2.37. The summed E-state index contributed by atoms with van der Waals surface area (Å²) in [6.45, 7) is 1.99. The molecule has 2 heterocycles. The highest BCUT2D eigenvalue weighted by Gasteiger charge is 2.33. The molecule has 4 rings (SSSR count). The molecule has 1 aromatic heterocycles. The Balaban J connectivity index is 1.74. The van der Waals surface area contributed by atoms with Gasteiger partial charge in [-0.25, -0.2) is 4.98 Å². The van der Waals surface area contributed by atoms with Crippen molar-refractivity contribution in [1.82, 2.24) is 9.97 Å². The molecule has 5 nitrogen and oxygen atoms in total. The van der Waals surface area contributed by atoms with Crippen LogP contribution in [0.4, 0.5) is 5.69 Å². The number of H-pyrrole nitrogens is 1. The molecule has 2 aromatic rings. The van der Waals surface area contributed by atoms with Crippen molar-refractivity contribution in [2.75, 3.05) is 4.90 Å². The molecular weight excluding hydrogens is 314 g/mol. The molecule has 1 unspecified atom stereocenters. The summed E-state index contributed by atoms with van der Waals surface area (Å²) < 4.78 is 0. The van der Waals surface area contributed by atoms with E-state index in [0.29, 0.717) is 10.8 Å². The molecule has 6 heteroatoms. The molecule has 0 spiro atoms. The Morgan fingerprint density at radius 1 is 1.35 bits per heavy atom. The number of aromatic nitrogens is 2. The van der Waals surface area contributed by atoms with Gasteiger partial charge in [-0.05, 0) is 49.9 Å². The van der Waals surface area contributed by atoms with Crippen LogP contribution in [-0.4, -0.2) is 21.9 Å². The van der Waals surface area contributed by atoms with Crippen molar-refractivity contribution in [3.63, 3.8) is 0 Å². The van der Waals surface area contributed by atoms with Crippen molar-refractivity contribution < 1.29 is 4.79 Å². The maximum absolute atomic E-state index is 12.9. The van der Waals surface area contributed by atoms with Gasteiger partial charge in [-0.2, -0.15) is 0 Å². The summed E-state index contributed by atoms with van der Waals surface area (Å²) in [5.74, 6) is 0.688. The third-order valence-electron chi connectivity index (χ3n) is 4.42. The molecule has 0 radical (unpaired) electrons. The fourth-order valence-corrected chi connectivity index (χ4v) is 3.36. The predicted molar refractivity (Wildman–Crippen MR) is 88.3 cm³/mol. The van der Waals surface area contributed by atoms with E-state index < -0.39 is 0 Å². The number of nitrogens with one attached hydrogen (secondary N) is 1. The Morgan fingerprint density at radius 2 is 2.13 bits per heavy atom. The first-order valence-electron chi connectivity index (χ1n) is 7.76. The molecule has 0 bridgehead atoms. The SMILES string of the molecule is CC1Cc2cc(Cl)ccc2N1C(=O)c1cc(=O)[nH]c(C2CC2)n1. The lowest BCUT2D eigenvalue weighted by atomic mass is 10.1. The molecule has 2 aliphatic rings. The molecule has 1 N–H and O–H groups in total. The third-order valence-corrected chi connectivity index (χ3v) is 4.65. The van der Waals surface area contributed by atoms with Crippen LogP contribution in [0.3, 0.4) is 0 Å². The van der Waals surface area contributed by atoms with Gasteiger partial charge in [0, 0.05) is 28.7 Å². The van der Waals surface area contributed by atoms with Gasteiger partial charge in [0.2, 0.25) is 0 Å². The number of aromatic amines is 1. The number of hydrogen-bond acceptors (Lipinski definition) is 3. The van der Waals surface area contributed by atoms with Gasteiger partial charge < -0.3 is 9.88 Å². The van der Waals surface area contributed by atoms with Crippen LogP contribution in [0, 0.1) is 0 Å². The zero-order valence-electron chi connectivity index (χ0n) is 12.7. The second-order valence-corrected chi connectivity index (χ2v) is 6.73. The summed E-state index contributed by atoms with van der Waals surface area (Å²) in [6, 6.07) is 6.82. The van der Waals surface area contributed by atoms with Crippen LogP contribution in [0.1, 0.15) is 47.6 Å². The van der Waals surface area contributed by atoms with Gasteiger partial charge in [-0.15, -0.1) is 0 Å². The van der Waals surface area contributed by atoms with Gasteiger partial charge in [0.05, 0.1) is 0 Å². The Bertz CT molecular complexity index is 857. The topological polar surface area (TPSA) is 66.1 Å². The van der Waals surface area contributed by atoms with Crippen LogP contribution >= 0.6 is 11.6 Å². The van der Waals surface area contributed by atoms with Crippen LogP contribution in [0.25, 0.3) is 0 Å². The number of carbonyl (C=O) groups excluding carboxylic acids is 1. The minimum absolute atomic E-state index is 0.0152. The number of hydrogen-bond donors (Lipinski definition) is 1.